The number of fused-ring (bicyclic) bond motifs is 1. The van der Waals surface area contributed by atoms with E-state index >= 15 is 0 Å². The van der Waals surface area contributed by atoms with Crippen LogP contribution in [0.15, 0.2) is 24.3 Å². The minimum Gasteiger partial charge on any atom is -0.370 e. The Hall–Kier alpha value is -2.37. The van der Waals surface area contributed by atoms with Crippen molar-refractivity contribution in [2.45, 2.75) is 38.5 Å². The highest BCUT2D eigenvalue weighted by Gasteiger charge is 2.48. The lowest BCUT2D eigenvalue weighted by Gasteiger charge is -2.22. The maximum absolute atomic E-state index is 12.6. The van der Waals surface area contributed by atoms with E-state index in [9.17, 15) is 14.4 Å². The number of hydrogen-bond donors (Lipinski definition) is 1. The van der Waals surface area contributed by atoms with Gasteiger partial charge in [0.05, 0.1) is 23.2 Å². The number of carbonyl (C=O) groups is 3. The van der Waals surface area contributed by atoms with Crippen molar-refractivity contribution < 1.29 is 14.4 Å². The van der Waals surface area contributed by atoms with E-state index in [-0.39, 0.29) is 36.1 Å². The number of benzene rings is 1. The molecule has 3 aliphatic rings. The number of anilines is 2. The summed E-state index contributed by atoms with van der Waals surface area (Å²) in [7, 11) is 0. The predicted molar refractivity (Wildman–Crippen MR) is 98.7 cm³/mol. The van der Waals surface area contributed by atoms with Gasteiger partial charge in [-0.15, -0.1) is 0 Å². The fourth-order valence-electron chi connectivity index (χ4n) is 4.53. The molecular weight excluding hydrogens is 330 g/mol. The Bertz CT molecular complexity index is 703. The van der Waals surface area contributed by atoms with E-state index in [1.807, 2.05) is 24.3 Å². The van der Waals surface area contributed by atoms with E-state index in [1.54, 1.807) is 0 Å². The molecule has 2 heterocycles. The van der Waals surface area contributed by atoms with Crippen LogP contribution in [-0.2, 0) is 14.4 Å². The van der Waals surface area contributed by atoms with Gasteiger partial charge in [-0.25, -0.2) is 0 Å². The Morgan fingerprint density at radius 1 is 0.962 bits per heavy atom. The number of hydrogen-bond acceptors (Lipinski definition) is 4. The van der Waals surface area contributed by atoms with Crippen molar-refractivity contribution in [1.82, 2.24) is 4.90 Å². The van der Waals surface area contributed by atoms with Crippen LogP contribution in [-0.4, -0.2) is 42.3 Å². The molecule has 1 aromatic carbocycles. The maximum Gasteiger partial charge on any atom is 0.244 e. The van der Waals surface area contributed by atoms with Gasteiger partial charge in [0, 0.05) is 13.1 Å². The third kappa shape index (κ3) is 3.08. The summed E-state index contributed by atoms with van der Waals surface area (Å²) < 4.78 is 0. The predicted octanol–water partition coefficient (Wildman–Crippen LogP) is 2.40. The summed E-state index contributed by atoms with van der Waals surface area (Å²) >= 11 is 0. The Labute approximate surface area is 153 Å². The van der Waals surface area contributed by atoms with E-state index in [4.69, 9.17) is 0 Å². The monoisotopic (exact) mass is 355 g/mol. The highest BCUT2D eigenvalue weighted by molar-refractivity contribution is 6.09. The van der Waals surface area contributed by atoms with Gasteiger partial charge >= 0.3 is 0 Å². The zero-order valence-corrected chi connectivity index (χ0v) is 14.9. The molecule has 0 spiro atoms. The lowest BCUT2D eigenvalue weighted by Crippen LogP contribution is -2.38. The van der Waals surface area contributed by atoms with Crippen molar-refractivity contribution in [1.29, 1.82) is 0 Å². The molecule has 138 valence electrons. The highest BCUT2D eigenvalue weighted by atomic mass is 16.2. The average molecular weight is 355 g/mol. The first-order valence-electron chi connectivity index (χ1n) is 9.64. The molecule has 0 bridgehead atoms. The fraction of sp³-hybridized carbons (Fsp3) is 0.550. The minimum atomic E-state index is -0.308. The quantitative estimate of drug-likeness (QED) is 0.842. The highest BCUT2D eigenvalue weighted by Crippen LogP contribution is 2.38. The molecule has 3 amide bonds. The molecule has 0 aromatic heterocycles. The second-order valence-electron chi connectivity index (χ2n) is 7.52. The molecule has 0 radical (unpaired) electrons. The number of nitrogens with one attached hydrogen (secondary N) is 1. The van der Waals surface area contributed by atoms with Gasteiger partial charge in [0.1, 0.15) is 6.54 Å². The van der Waals surface area contributed by atoms with Crippen molar-refractivity contribution in [3.05, 3.63) is 24.3 Å². The SMILES string of the molecule is O=C(CN1C(=O)[C@H]2CCCC[C@@H]2C1=O)Nc1ccccc1N1CCCC1. The lowest BCUT2D eigenvalue weighted by atomic mass is 9.81. The first-order chi connectivity index (χ1) is 12.6. The Morgan fingerprint density at radius 3 is 2.23 bits per heavy atom. The summed E-state index contributed by atoms with van der Waals surface area (Å²) in [5.41, 5.74) is 1.75. The van der Waals surface area contributed by atoms with E-state index in [0.717, 1.165) is 63.0 Å². The van der Waals surface area contributed by atoms with Crippen LogP contribution in [0.1, 0.15) is 38.5 Å². The smallest absolute Gasteiger partial charge is 0.244 e. The van der Waals surface area contributed by atoms with Gasteiger partial charge in [0.25, 0.3) is 0 Å². The van der Waals surface area contributed by atoms with Crippen LogP contribution in [0.4, 0.5) is 11.4 Å². The van der Waals surface area contributed by atoms with Gasteiger partial charge in [0.15, 0.2) is 0 Å². The second-order valence-corrected chi connectivity index (χ2v) is 7.52. The summed E-state index contributed by atoms with van der Waals surface area (Å²) in [6, 6.07) is 7.72. The molecule has 1 aromatic rings. The van der Waals surface area contributed by atoms with Crippen molar-refractivity contribution in [3.63, 3.8) is 0 Å². The third-order valence-corrected chi connectivity index (χ3v) is 5.86. The molecule has 26 heavy (non-hydrogen) atoms. The number of amides is 3. The number of para-hydroxylation sites is 2. The van der Waals surface area contributed by atoms with Gasteiger partial charge in [-0.05, 0) is 37.8 Å². The molecule has 6 heteroatoms. The van der Waals surface area contributed by atoms with E-state index in [1.165, 1.54) is 4.90 Å². The molecule has 1 aliphatic carbocycles. The maximum atomic E-state index is 12.6. The summed E-state index contributed by atoms with van der Waals surface area (Å²) in [4.78, 5) is 41.1. The van der Waals surface area contributed by atoms with Crippen LogP contribution in [0.3, 0.4) is 0 Å². The van der Waals surface area contributed by atoms with Gasteiger partial charge in [-0.2, -0.15) is 0 Å². The summed E-state index contributed by atoms with van der Waals surface area (Å²) in [5, 5.41) is 2.91. The first-order valence-corrected chi connectivity index (χ1v) is 9.64. The Balaban J connectivity index is 1.45. The van der Waals surface area contributed by atoms with Gasteiger partial charge in [0.2, 0.25) is 17.7 Å². The average Bonchev–Trinajstić information content (AvgIpc) is 3.26. The van der Waals surface area contributed by atoms with Crippen LogP contribution >= 0.6 is 0 Å². The van der Waals surface area contributed by atoms with Crippen molar-refractivity contribution in [3.8, 4) is 0 Å². The molecular formula is C20H25N3O3. The van der Waals surface area contributed by atoms with Gasteiger partial charge < -0.3 is 10.2 Å². The zero-order chi connectivity index (χ0) is 18.1. The van der Waals surface area contributed by atoms with E-state index < -0.39 is 0 Å². The zero-order valence-electron chi connectivity index (χ0n) is 14.9. The molecule has 1 saturated carbocycles. The Morgan fingerprint density at radius 2 is 1.58 bits per heavy atom. The fourth-order valence-corrected chi connectivity index (χ4v) is 4.53. The normalized spacial score (nSPS) is 25.5. The molecule has 1 N–H and O–H groups in total. The van der Waals surface area contributed by atoms with Crippen LogP contribution in [0.25, 0.3) is 0 Å². The third-order valence-electron chi connectivity index (χ3n) is 5.86. The largest absolute Gasteiger partial charge is 0.370 e. The first kappa shape index (κ1) is 17.1. The molecule has 0 unspecified atom stereocenters. The molecule has 2 aliphatic heterocycles. The summed E-state index contributed by atoms with van der Waals surface area (Å²) in [6.07, 6.45) is 5.83. The van der Waals surface area contributed by atoms with Gasteiger partial charge in [-0.1, -0.05) is 25.0 Å². The number of imide groups is 1. The number of nitrogens with zero attached hydrogens (tertiary/aromatic N) is 2. The van der Waals surface area contributed by atoms with Crippen molar-refractivity contribution in [2.24, 2.45) is 11.8 Å². The van der Waals surface area contributed by atoms with E-state index in [0.29, 0.717) is 0 Å². The van der Waals surface area contributed by atoms with Gasteiger partial charge in [-0.3, -0.25) is 19.3 Å². The standard InChI is InChI=1S/C20H25N3O3/c24-18(13-23-19(25)14-7-1-2-8-15(14)20(23)26)21-16-9-3-4-10-17(16)22-11-5-6-12-22/h3-4,9-10,14-15H,1-2,5-8,11-13H2,(H,21,24)/t14-,15-/m0/s1. The molecule has 6 nitrogen and oxygen atoms in total. The summed E-state index contributed by atoms with van der Waals surface area (Å²) in [5.74, 6) is -1.05. The number of carbonyl (C=O) groups excluding carboxylic acids is 3. The van der Waals surface area contributed by atoms with Crippen molar-refractivity contribution >= 4 is 29.1 Å². The van der Waals surface area contributed by atoms with Crippen LogP contribution in [0.2, 0.25) is 0 Å². The van der Waals surface area contributed by atoms with Crippen LogP contribution < -0.4 is 10.2 Å². The molecule has 4 rings (SSSR count). The molecule has 2 atom stereocenters. The van der Waals surface area contributed by atoms with Crippen LogP contribution in [0.5, 0.6) is 0 Å². The van der Waals surface area contributed by atoms with Crippen LogP contribution in [0, 0.1) is 11.8 Å². The Kier molecular flexibility index (Phi) is 4.66. The molecule has 2 saturated heterocycles. The van der Waals surface area contributed by atoms with E-state index in [2.05, 4.69) is 10.2 Å². The number of rotatable bonds is 4. The lowest BCUT2D eigenvalue weighted by molar-refractivity contribution is -0.142. The summed E-state index contributed by atoms with van der Waals surface area (Å²) in [6.45, 7) is 1.79. The van der Waals surface area contributed by atoms with Crippen molar-refractivity contribution in [2.75, 3.05) is 29.9 Å². The second kappa shape index (κ2) is 7.09. The number of likely N-dealkylation sites (tertiary alicyclic amines) is 1. The topological polar surface area (TPSA) is 69.7 Å². The molecule has 3 fully saturated rings. The minimum absolute atomic E-state index is 0.164.